The third-order valence-electron chi connectivity index (χ3n) is 7.59. The molecule has 5 heterocycles. The number of carbonyl (C=O) groups is 1. The zero-order chi connectivity index (χ0) is 30.8. The van der Waals surface area contributed by atoms with Crippen molar-refractivity contribution < 1.29 is 21.8 Å². The molecule has 1 aromatic carbocycles. The van der Waals surface area contributed by atoms with Crippen molar-refractivity contribution in [3.63, 3.8) is 0 Å². The number of rotatable bonds is 8. The molecule has 2 saturated heterocycles. The molecular formula is C30H31FN8O4S. The van der Waals surface area contributed by atoms with Gasteiger partial charge in [0.15, 0.2) is 5.82 Å². The third kappa shape index (κ3) is 6.45. The van der Waals surface area contributed by atoms with Crippen LogP contribution in [-0.2, 0) is 14.3 Å². The van der Waals surface area contributed by atoms with E-state index in [4.69, 9.17) is 4.18 Å². The molecule has 44 heavy (non-hydrogen) atoms. The van der Waals surface area contributed by atoms with E-state index in [0.717, 1.165) is 11.4 Å². The standard InChI is InChI=1S/C30H31FN8O4S/c1-20-3-7-25(8-4-20)44(41,42)43-24-18-38(19-24)28-9-5-22(13-33-28)30(40)36-26-15-35-29(16-32-26)39-12-11-37(17-21(39)2)27-10-6-23(31)14-34-27/h3-10,13-16,21,24H,11-12,17-19H2,1-2H3,(H,32,36,40)/t21-/m1/s1. The molecule has 1 N–H and O–H groups in total. The highest BCUT2D eigenvalue weighted by molar-refractivity contribution is 7.86. The number of hydrogen-bond acceptors (Lipinski definition) is 11. The zero-order valence-corrected chi connectivity index (χ0v) is 25.0. The lowest BCUT2D eigenvalue weighted by molar-refractivity contribution is 0.102. The van der Waals surface area contributed by atoms with Gasteiger partial charge < -0.3 is 20.0 Å². The lowest BCUT2D eigenvalue weighted by atomic mass is 10.1. The number of piperazine rings is 1. The number of carbonyl (C=O) groups excluding carboxylic acids is 1. The topological polar surface area (TPSA) is 134 Å². The maximum absolute atomic E-state index is 13.2. The van der Waals surface area contributed by atoms with Gasteiger partial charge in [0.2, 0.25) is 0 Å². The lowest BCUT2D eigenvalue weighted by Gasteiger charge is -2.40. The quantitative estimate of drug-likeness (QED) is 0.292. The maximum atomic E-state index is 13.2. The van der Waals surface area contributed by atoms with Crippen molar-refractivity contribution in [1.29, 1.82) is 0 Å². The molecule has 2 aliphatic rings. The molecule has 0 spiro atoms. The molecule has 0 bridgehead atoms. The van der Waals surface area contributed by atoms with Gasteiger partial charge in [-0.05, 0) is 50.2 Å². The second-order valence-electron chi connectivity index (χ2n) is 10.8. The second kappa shape index (κ2) is 12.1. The van der Waals surface area contributed by atoms with E-state index in [-0.39, 0.29) is 22.7 Å². The summed E-state index contributed by atoms with van der Waals surface area (Å²) < 4.78 is 43.6. The van der Waals surface area contributed by atoms with Crippen molar-refractivity contribution >= 4 is 39.3 Å². The minimum Gasteiger partial charge on any atom is -0.353 e. The van der Waals surface area contributed by atoms with E-state index in [1.54, 1.807) is 36.5 Å². The fourth-order valence-corrected chi connectivity index (χ4v) is 6.18. The average Bonchev–Trinajstić information content (AvgIpc) is 3.00. The Morgan fingerprint density at radius 2 is 1.55 bits per heavy atom. The fraction of sp³-hybridized carbons (Fsp3) is 0.300. The van der Waals surface area contributed by atoms with E-state index in [0.29, 0.717) is 55.7 Å². The second-order valence-corrected chi connectivity index (χ2v) is 12.4. The minimum absolute atomic E-state index is 0.112. The highest BCUT2D eigenvalue weighted by atomic mass is 32.2. The van der Waals surface area contributed by atoms with Gasteiger partial charge in [-0.1, -0.05) is 17.7 Å². The summed E-state index contributed by atoms with van der Waals surface area (Å²) in [5.74, 6) is 1.60. The first-order valence-corrected chi connectivity index (χ1v) is 15.5. The Kier molecular flexibility index (Phi) is 8.10. The Hall–Kier alpha value is -4.69. The molecule has 2 fully saturated rings. The summed E-state index contributed by atoms with van der Waals surface area (Å²) in [7, 11) is -3.84. The molecule has 4 aromatic rings. The predicted octanol–water partition coefficient (Wildman–Crippen LogP) is 3.28. The SMILES string of the molecule is Cc1ccc(S(=O)(=O)OC2CN(c3ccc(C(=O)Nc4cnc(N5CCN(c6ccc(F)cn6)C[C@H]5C)cn4)cn3)C2)cc1. The number of benzene rings is 1. The molecule has 14 heteroatoms. The number of aryl methyl sites for hydroxylation is 1. The Morgan fingerprint density at radius 3 is 2.18 bits per heavy atom. The van der Waals surface area contributed by atoms with E-state index in [2.05, 4.69) is 42.0 Å². The van der Waals surface area contributed by atoms with E-state index in [1.165, 1.54) is 36.8 Å². The van der Waals surface area contributed by atoms with E-state index in [1.807, 2.05) is 11.8 Å². The molecule has 0 aliphatic carbocycles. The maximum Gasteiger partial charge on any atom is 0.297 e. The van der Waals surface area contributed by atoms with Crippen LogP contribution in [0.15, 0.2) is 78.2 Å². The van der Waals surface area contributed by atoms with Crippen LogP contribution in [-0.4, -0.2) is 79.1 Å². The summed E-state index contributed by atoms with van der Waals surface area (Å²) in [4.78, 5) is 36.5. The van der Waals surface area contributed by atoms with Crippen LogP contribution < -0.4 is 20.0 Å². The Morgan fingerprint density at radius 1 is 0.841 bits per heavy atom. The minimum atomic E-state index is -3.84. The van der Waals surface area contributed by atoms with Gasteiger partial charge in [0, 0.05) is 45.0 Å². The largest absolute Gasteiger partial charge is 0.353 e. The van der Waals surface area contributed by atoms with Gasteiger partial charge >= 0.3 is 0 Å². The highest BCUT2D eigenvalue weighted by Gasteiger charge is 2.33. The van der Waals surface area contributed by atoms with Crippen molar-refractivity contribution in [1.82, 2.24) is 19.9 Å². The molecule has 0 saturated carbocycles. The van der Waals surface area contributed by atoms with Gasteiger partial charge in [-0.3, -0.25) is 8.98 Å². The van der Waals surface area contributed by atoms with Gasteiger partial charge in [0.05, 0.1) is 29.0 Å². The molecule has 1 amide bonds. The first-order chi connectivity index (χ1) is 21.1. The summed E-state index contributed by atoms with van der Waals surface area (Å²) in [5.41, 5.74) is 1.31. The molecular weight excluding hydrogens is 587 g/mol. The van der Waals surface area contributed by atoms with E-state index in [9.17, 15) is 17.6 Å². The molecule has 6 rings (SSSR count). The summed E-state index contributed by atoms with van der Waals surface area (Å²) in [5, 5.41) is 2.74. The van der Waals surface area contributed by atoms with Gasteiger partial charge in [0.1, 0.15) is 29.4 Å². The van der Waals surface area contributed by atoms with Crippen molar-refractivity contribution in [2.75, 3.05) is 52.7 Å². The van der Waals surface area contributed by atoms with Crippen molar-refractivity contribution in [3.8, 4) is 0 Å². The number of amides is 1. The van der Waals surface area contributed by atoms with Crippen LogP contribution >= 0.6 is 0 Å². The fourth-order valence-electron chi connectivity index (χ4n) is 5.12. The van der Waals surface area contributed by atoms with Gasteiger partial charge in [-0.2, -0.15) is 8.42 Å². The van der Waals surface area contributed by atoms with Crippen molar-refractivity contribution in [3.05, 3.63) is 90.3 Å². The Bertz CT molecular complexity index is 1720. The van der Waals surface area contributed by atoms with Crippen LogP contribution in [0.1, 0.15) is 22.8 Å². The molecule has 3 aromatic heterocycles. The van der Waals surface area contributed by atoms with Crippen LogP contribution in [0.2, 0.25) is 0 Å². The Balaban J connectivity index is 0.989. The van der Waals surface area contributed by atoms with Crippen molar-refractivity contribution in [2.45, 2.75) is 30.9 Å². The average molecular weight is 619 g/mol. The lowest BCUT2D eigenvalue weighted by Crippen LogP contribution is -2.53. The molecule has 1 atom stereocenters. The van der Waals surface area contributed by atoms with Crippen LogP contribution in [0.5, 0.6) is 0 Å². The zero-order valence-electron chi connectivity index (χ0n) is 24.2. The molecule has 228 valence electrons. The van der Waals surface area contributed by atoms with E-state index < -0.39 is 16.2 Å². The number of anilines is 4. The summed E-state index contributed by atoms with van der Waals surface area (Å²) in [6.45, 7) is 6.76. The van der Waals surface area contributed by atoms with E-state index >= 15 is 0 Å². The monoisotopic (exact) mass is 618 g/mol. The van der Waals surface area contributed by atoms with Gasteiger partial charge in [-0.25, -0.2) is 24.3 Å². The first-order valence-electron chi connectivity index (χ1n) is 14.1. The van der Waals surface area contributed by atoms with Crippen LogP contribution in [0, 0.1) is 12.7 Å². The summed E-state index contributed by atoms with van der Waals surface area (Å²) >= 11 is 0. The number of halogens is 1. The van der Waals surface area contributed by atoms with Gasteiger partial charge in [0.25, 0.3) is 16.0 Å². The third-order valence-corrected chi connectivity index (χ3v) is 8.97. The normalized spacial score (nSPS) is 17.3. The number of nitrogens with zero attached hydrogens (tertiary/aromatic N) is 7. The predicted molar refractivity (Wildman–Crippen MR) is 163 cm³/mol. The van der Waals surface area contributed by atoms with Crippen molar-refractivity contribution in [2.24, 2.45) is 0 Å². The smallest absolute Gasteiger partial charge is 0.297 e. The number of pyridine rings is 2. The number of hydrogen-bond donors (Lipinski definition) is 1. The van der Waals surface area contributed by atoms with Crippen LogP contribution in [0.25, 0.3) is 0 Å². The molecule has 2 aliphatic heterocycles. The molecule has 12 nitrogen and oxygen atoms in total. The first kappa shape index (κ1) is 29.4. The summed E-state index contributed by atoms with van der Waals surface area (Å²) in [6.07, 6.45) is 5.34. The van der Waals surface area contributed by atoms with Gasteiger partial charge in [-0.15, -0.1) is 0 Å². The van der Waals surface area contributed by atoms with Crippen LogP contribution in [0.4, 0.5) is 27.7 Å². The highest BCUT2D eigenvalue weighted by Crippen LogP contribution is 2.25. The number of aromatic nitrogens is 4. The summed E-state index contributed by atoms with van der Waals surface area (Å²) in [6, 6.07) is 13.1. The van der Waals surface area contributed by atoms with Crippen LogP contribution in [0.3, 0.4) is 0 Å². The number of nitrogens with one attached hydrogen (secondary N) is 1. The molecule has 0 radical (unpaired) electrons. The molecule has 0 unspecified atom stereocenters. The Labute approximate surface area is 254 Å².